The number of aliphatic carboxylic acids is 1. The number of benzene rings is 2. The summed E-state index contributed by atoms with van der Waals surface area (Å²) < 4.78 is 0. The molecule has 398 valence electrons. The molecule has 74 heavy (non-hydrogen) atoms. The van der Waals surface area contributed by atoms with Crippen LogP contribution in [0, 0.1) is 0 Å². The third kappa shape index (κ3) is 18.1. The highest BCUT2D eigenvalue weighted by Gasteiger charge is 2.35. The molecule has 1 saturated heterocycles. The molecule has 15 N–H and O–H groups in total. The molecule has 0 unspecified atom stereocenters. The van der Waals surface area contributed by atoms with Gasteiger partial charge in [-0.05, 0) is 55.7 Å². The van der Waals surface area contributed by atoms with E-state index in [9.17, 15) is 48.3 Å². The van der Waals surface area contributed by atoms with Crippen LogP contribution >= 0.6 is 0 Å². The van der Waals surface area contributed by atoms with Crippen LogP contribution in [0.3, 0.4) is 0 Å². The first kappa shape index (κ1) is 56.6. The summed E-state index contributed by atoms with van der Waals surface area (Å²) in [5.74, 6) is -7.80. The SMILES string of the molecule is CCCC[C@H](NC(C)=O)C(=O)N[C@H]1CC(=O)NCCCC[C@@H](C(=O)O)NC(=O)[C@H](Cc2c[nH]c3ccccc23)NC(=O)[C@H](CCCN=C(N)N)NC(=O)[C@@H](Cc2ccccc2)NC(=O)[C@@H](Cc2cnc[nH]2)NC1=O. The maximum atomic E-state index is 14.7. The molecule has 1 aliphatic rings. The topological polar surface area (TPSA) is 379 Å². The first-order valence-corrected chi connectivity index (χ1v) is 24.7. The number of aromatic nitrogens is 3. The van der Waals surface area contributed by atoms with Crippen LogP contribution in [0.1, 0.15) is 88.5 Å². The Kier molecular flexibility index (Phi) is 21.9. The first-order valence-electron chi connectivity index (χ1n) is 24.7. The molecule has 7 atom stereocenters. The summed E-state index contributed by atoms with van der Waals surface area (Å²) in [5.41, 5.74) is 13.5. The molecule has 24 heteroatoms. The maximum Gasteiger partial charge on any atom is 0.326 e. The number of unbranched alkanes of at least 4 members (excludes halogenated alkanes) is 1. The normalized spacial score (nSPS) is 21.3. The number of aromatic amines is 2. The molecule has 4 aromatic rings. The predicted octanol–water partition coefficient (Wildman–Crippen LogP) is -0.649. The van der Waals surface area contributed by atoms with Crippen molar-refractivity contribution in [1.82, 2.24) is 57.5 Å². The molecule has 1 fully saturated rings. The number of nitrogens with two attached hydrogens (primary N) is 2. The van der Waals surface area contributed by atoms with Gasteiger partial charge in [0, 0.05) is 68.3 Å². The number of imidazole rings is 1. The Bertz CT molecular complexity index is 2580. The average Bonchev–Trinajstić information content (AvgIpc) is 4.04. The number of carboxylic acids is 1. The van der Waals surface area contributed by atoms with Gasteiger partial charge in [-0.3, -0.25) is 43.3 Å². The molecule has 24 nitrogen and oxygen atoms in total. The van der Waals surface area contributed by atoms with Gasteiger partial charge in [0.05, 0.1) is 12.7 Å². The Morgan fingerprint density at radius 2 is 1.43 bits per heavy atom. The van der Waals surface area contributed by atoms with Crippen LogP contribution in [-0.4, -0.2) is 135 Å². The average molecular weight is 1030 g/mol. The van der Waals surface area contributed by atoms with Crippen molar-refractivity contribution < 1.29 is 48.3 Å². The Labute approximate surface area is 427 Å². The summed E-state index contributed by atoms with van der Waals surface area (Å²) in [6.07, 6.45) is 5.28. The minimum Gasteiger partial charge on any atom is -0.480 e. The second kappa shape index (κ2) is 28.7. The fourth-order valence-corrected chi connectivity index (χ4v) is 8.37. The van der Waals surface area contributed by atoms with E-state index < -0.39 is 102 Å². The van der Waals surface area contributed by atoms with Gasteiger partial charge >= 0.3 is 5.97 Å². The highest BCUT2D eigenvalue weighted by molar-refractivity contribution is 5.99. The number of carbonyl (C=O) groups excluding carboxylic acids is 8. The molecule has 2 aromatic heterocycles. The number of nitrogens with zero attached hydrogens (tertiary/aromatic N) is 2. The third-order valence-electron chi connectivity index (χ3n) is 12.3. The molecule has 0 bridgehead atoms. The van der Waals surface area contributed by atoms with Gasteiger partial charge < -0.3 is 69.1 Å². The van der Waals surface area contributed by atoms with Gasteiger partial charge in [-0.2, -0.15) is 0 Å². The van der Waals surface area contributed by atoms with E-state index >= 15 is 0 Å². The summed E-state index contributed by atoms with van der Waals surface area (Å²) in [5, 5.41) is 32.3. The summed E-state index contributed by atoms with van der Waals surface area (Å²) in [6, 6.07) is 6.21. The summed E-state index contributed by atoms with van der Waals surface area (Å²) in [6.45, 7) is 3.19. The van der Waals surface area contributed by atoms with Crippen molar-refractivity contribution in [2.75, 3.05) is 13.1 Å². The summed E-state index contributed by atoms with van der Waals surface area (Å²) in [7, 11) is 0. The van der Waals surface area contributed by atoms with Crippen LogP contribution in [0.2, 0.25) is 0 Å². The van der Waals surface area contributed by atoms with E-state index in [-0.39, 0.29) is 76.8 Å². The number of carboxylic acid groups (broad SMARTS) is 1. The van der Waals surface area contributed by atoms with Crippen LogP contribution in [0.15, 0.2) is 78.3 Å². The highest BCUT2D eigenvalue weighted by Crippen LogP contribution is 2.20. The smallest absolute Gasteiger partial charge is 0.326 e. The van der Waals surface area contributed by atoms with E-state index in [0.29, 0.717) is 29.7 Å². The van der Waals surface area contributed by atoms with E-state index in [1.165, 1.54) is 19.4 Å². The van der Waals surface area contributed by atoms with Crippen molar-refractivity contribution in [3.05, 3.63) is 90.1 Å². The number of nitrogens with one attached hydrogen (secondary N) is 10. The minimum absolute atomic E-state index is 0.00489. The van der Waals surface area contributed by atoms with Crippen LogP contribution in [0.4, 0.5) is 0 Å². The van der Waals surface area contributed by atoms with Gasteiger partial charge in [-0.25, -0.2) is 9.78 Å². The third-order valence-corrected chi connectivity index (χ3v) is 12.3. The van der Waals surface area contributed by atoms with Gasteiger partial charge in [0.1, 0.15) is 42.3 Å². The van der Waals surface area contributed by atoms with Gasteiger partial charge in [-0.1, -0.05) is 68.3 Å². The second-order valence-corrected chi connectivity index (χ2v) is 18.1. The van der Waals surface area contributed by atoms with E-state index in [1.807, 2.05) is 25.1 Å². The molecule has 1 aliphatic heterocycles. The van der Waals surface area contributed by atoms with Crippen molar-refractivity contribution in [2.24, 2.45) is 16.5 Å². The molecule has 8 amide bonds. The number of rotatable bonds is 17. The van der Waals surface area contributed by atoms with Gasteiger partial charge in [0.25, 0.3) is 0 Å². The molecule has 0 spiro atoms. The number of guanidine groups is 1. The lowest BCUT2D eigenvalue weighted by molar-refractivity contribution is -0.142. The lowest BCUT2D eigenvalue weighted by atomic mass is 10.0. The second-order valence-electron chi connectivity index (χ2n) is 18.1. The highest BCUT2D eigenvalue weighted by atomic mass is 16.4. The van der Waals surface area contributed by atoms with Gasteiger partial charge in [0.2, 0.25) is 47.3 Å². The van der Waals surface area contributed by atoms with Crippen molar-refractivity contribution in [2.45, 2.75) is 133 Å². The first-order chi connectivity index (χ1) is 35.5. The zero-order valence-corrected chi connectivity index (χ0v) is 41.5. The van der Waals surface area contributed by atoms with Crippen LogP contribution in [0.5, 0.6) is 0 Å². The van der Waals surface area contributed by atoms with E-state index in [4.69, 9.17) is 11.5 Å². The van der Waals surface area contributed by atoms with Crippen LogP contribution < -0.4 is 54.0 Å². The Morgan fingerprint density at radius 1 is 0.784 bits per heavy atom. The Morgan fingerprint density at radius 3 is 2.11 bits per heavy atom. The molecule has 2 aromatic carbocycles. The standard InChI is InChI=1S/C50H68N14O10/c1-3-4-16-35(58-29(2)65)43(67)64-41-25-42(66)54-20-11-10-18-37(49(73)74)60-46(70)39(23-31-26-56-34-17-9-8-15-33(31)34)62-44(68)36(19-12-21-55-50(51)52)59-45(69)38(22-30-13-6-5-7-14-30)61-47(71)40(63-48(41)72)24-32-27-53-28-57-32/h5-9,13-15,17,26-28,35-41,56H,3-4,10-12,16,18-25H2,1-2H3,(H,53,57)(H,54,66)(H,58,65)(H,59,69)(H,60,70)(H,61,71)(H,62,68)(H,63,72)(H,64,67)(H,73,74)(H4,51,52,55)/t35-,36-,37-,38+,39-,40+,41-/m0/s1. The van der Waals surface area contributed by atoms with Crippen molar-refractivity contribution in [3.8, 4) is 0 Å². The number of carbonyl (C=O) groups is 9. The zero-order valence-electron chi connectivity index (χ0n) is 41.5. The van der Waals surface area contributed by atoms with E-state index in [1.54, 1.807) is 42.6 Å². The predicted molar refractivity (Wildman–Crippen MR) is 272 cm³/mol. The maximum absolute atomic E-state index is 14.7. The monoisotopic (exact) mass is 1020 g/mol. The number of hydrogen-bond donors (Lipinski definition) is 13. The number of amides is 8. The molecule has 0 saturated carbocycles. The van der Waals surface area contributed by atoms with Crippen molar-refractivity contribution >= 4 is 70.1 Å². The molecule has 3 heterocycles. The fraction of sp³-hybridized carbons (Fsp3) is 0.460. The number of hydrogen-bond acceptors (Lipinski definition) is 11. The fourth-order valence-electron chi connectivity index (χ4n) is 8.37. The molecule has 5 rings (SSSR count). The van der Waals surface area contributed by atoms with Crippen LogP contribution in [-0.2, 0) is 62.4 Å². The van der Waals surface area contributed by atoms with Crippen molar-refractivity contribution in [1.29, 1.82) is 0 Å². The van der Waals surface area contributed by atoms with Crippen molar-refractivity contribution in [3.63, 3.8) is 0 Å². The van der Waals surface area contributed by atoms with E-state index in [2.05, 4.69) is 62.5 Å². The molecular weight excluding hydrogens is 957 g/mol. The molecule has 0 radical (unpaired) electrons. The lowest BCUT2D eigenvalue weighted by Crippen LogP contribution is -2.61. The lowest BCUT2D eigenvalue weighted by Gasteiger charge is -2.28. The number of aliphatic imine (C=N–C) groups is 1. The Balaban J connectivity index is 1.55. The minimum atomic E-state index is -1.59. The van der Waals surface area contributed by atoms with Gasteiger partial charge in [-0.15, -0.1) is 0 Å². The summed E-state index contributed by atoms with van der Waals surface area (Å²) >= 11 is 0. The van der Waals surface area contributed by atoms with Gasteiger partial charge in [0.15, 0.2) is 5.96 Å². The quantitative estimate of drug-likeness (QED) is 0.0356. The molecular formula is C50H68N14O10. The largest absolute Gasteiger partial charge is 0.480 e. The number of fused-ring (bicyclic) bond motifs is 1. The number of para-hydroxylation sites is 1. The Hall–Kier alpha value is -8.31. The van der Waals surface area contributed by atoms with E-state index in [0.717, 1.165) is 10.9 Å². The zero-order chi connectivity index (χ0) is 53.6. The van der Waals surface area contributed by atoms with Crippen LogP contribution in [0.25, 0.3) is 10.9 Å². The summed E-state index contributed by atoms with van der Waals surface area (Å²) in [4.78, 5) is 139. The molecule has 0 aliphatic carbocycles. The number of H-pyrrole nitrogens is 2.